The SMILES string of the molecule is O=C(OCc1c(F)cccc1Cl)c1cc(-c2ccco2)nc2ccccc12. The maximum absolute atomic E-state index is 13.9. The molecule has 0 aliphatic carbocycles. The molecule has 0 amide bonds. The lowest BCUT2D eigenvalue weighted by molar-refractivity contribution is 0.0471. The van der Waals surface area contributed by atoms with Crippen LogP contribution in [0.1, 0.15) is 15.9 Å². The van der Waals surface area contributed by atoms with Crippen molar-refractivity contribution in [3.05, 3.63) is 88.9 Å². The van der Waals surface area contributed by atoms with E-state index in [9.17, 15) is 9.18 Å². The van der Waals surface area contributed by atoms with Crippen molar-refractivity contribution in [1.82, 2.24) is 4.98 Å². The molecule has 6 heteroatoms. The Morgan fingerprint density at radius 1 is 1.11 bits per heavy atom. The van der Waals surface area contributed by atoms with Crippen molar-refractivity contribution in [2.75, 3.05) is 0 Å². The number of nitrogens with zero attached hydrogens (tertiary/aromatic N) is 1. The average molecular weight is 382 g/mol. The molecule has 134 valence electrons. The molecule has 0 unspecified atom stereocenters. The molecule has 27 heavy (non-hydrogen) atoms. The molecule has 0 fully saturated rings. The van der Waals surface area contributed by atoms with Crippen LogP contribution in [0.15, 0.2) is 71.3 Å². The van der Waals surface area contributed by atoms with E-state index in [4.69, 9.17) is 20.8 Å². The number of furan rings is 1. The molecule has 0 bridgehead atoms. The fourth-order valence-corrected chi connectivity index (χ4v) is 3.00. The van der Waals surface area contributed by atoms with Crippen LogP contribution < -0.4 is 0 Å². The highest BCUT2D eigenvalue weighted by Gasteiger charge is 2.17. The molecule has 0 aliphatic heterocycles. The van der Waals surface area contributed by atoms with Crippen molar-refractivity contribution < 1.29 is 18.3 Å². The molecule has 0 saturated carbocycles. The smallest absolute Gasteiger partial charge is 0.339 e. The quantitative estimate of drug-likeness (QED) is 0.429. The van der Waals surface area contributed by atoms with Crippen LogP contribution >= 0.6 is 11.6 Å². The van der Waals surface area contributed by atoms with Gasteiger partial charge in [-0.25, -0.2) is 14.2 Å². The highest BCUT2D eigenvalue weighted by atomic mass is 35.5. The normalized spacial score (nSPS) is 10.9. The number of carbonyl (C=O) groups excluding carboxylic acids is 1. The minimum absolute atomic E-state index is 0.136. The second-order valence-corrected chi connectivity index (χ2v) is 6.23. The van der Waals surface area contributed by atoms with Gasteiger partial charge in [0, 0.05) is 10.9 Å². The number of pyridine rings is 1. The molecule has 0 saturated heterocycles. The first kappa shape index (κ1) is 17.2. The van der Waals surface area contributed by atoms with Crippen molar-refractivity contribution in [1.29, 1.82) is 0 Å². The third kappa shape index (κ3) is 3.41. The first-order chi connectivity index (χ1) is 13.1. The summed E-state index contributed by atoms with van der Waals surface area (Å²) in [5.41, 5.74) is 1.59. The summed E-state index contributed by atoms with van der Waals surface area (Å²) in [7, 11) is 0. The molecule has 2 aromatic carbocycles. The molecule has 0 radical (unpaired) electrons. The lowest BCUT2D eigenvalue weighted by Gasteiger charge is -2.10. The van der Waals surface area contributed by atoms with Gasteiger partial charge in [0.05, 0.1) is 22.4 Å². The summed E-state index contributed by atoms with van der Waals surface area (Å²) in [4.78, 5) is 17.3. The number of aromatic nitrogens is 1. The summed E-state index contributed by atoms with van der Waals surface area (Å²) in [6.45, 7) is -0.267. The number of para-hydroxylation sites is 1. The third-order valence-corrected chi connectivity index (χ3v) is 4.47. The van der Waals surface area contributed by atoms with E-state index in [0.717, 1.165) is 0 Å². The molecule has 4 aromatic rings. The Labute approximate surface area is 159 Å². The van der Waals surface area contributed by atoms with Gasteiger partial charge in [-0.1, -0.05) is 35.9 Å². The highest BCUT2D eigenvalue weighted by molar-refractivity contribution is 6.31. The number of carbonyl (C=O) groups is 1. The molecular weight excluding hydrogens is 369 g/mol. The monoisotopic (exact) mass is 381 g/mol. The lowest BCUT2D eigenvalue weighted by atomic mass is 10.1. The molecule has 0 spiro atoms. The van der Waals surface area contributed by atoms with Gasteiger partial charge in [-0.3, -0.25) is 0 Å². The minimum atomic E-state index is -0.597. The molecule has 2 aromatic heterocycles. The van der Waals surface area contributed by atoms with Gasteiger partial charge in [-0.15, -0.1) is 0 Å². The zero-order valence-electron chi connectivity index (χ0n) is 14.0. The highest BCUT2D eigenvalue weighted by Crippen LogP contribution is 2.26. The van der Waals surface area contributed by atoms with Gasteiger partial charge < -0.3 is 9.15 Å². The number of ether oxygens (including phenoxy) is 1. The molecule has 4 nitrogen and oxygen atoms in total. The van der Waals surface area contributed by atoms with Gasteiger partial charge >= 0.3 is 5.97 Å². The summed E-state index contributed by atoms with van der Waals surface area (Å²) in [6, 6.07) is 16.6. The van der Waals surface area contributed by atoms with Crippen molar-refractivity contribution in [2.24, 2.45) is 0 Å². The van der Waals surface area contributed by atoms with Crippen LogP contribution in [0.5, 0.6) is 0 Å². The van der Waals surface area contributed by atoms with E-state index in [1.165, 1.54) is 18.4 Å². The zero-order valence-corrected chi connectivity index (χ0v) is 14.7. The summed E-state index contributed by atoms with van der Waals surface area (Å²) >= 11 is 5.99. The maximum atomic E-state index is 13.9. The predicted octanol–water partition coefficient (Wildman–Crippen LogP) is 5.64. The van der Waals surface area contributed by atoms with Crippen LogP contribution in [0.4, 0.5) is 4.39 Å². The number of hydrogen-bond acceptors (Lipinski definition) is 4. The number of hydrogen-bond donors (Lipinski definition) is 0. The number of rotatable bonds is 4. The fraction of sp³-hybridized carbons (Fsp3) is 0.0476. The first-order valence-corrected chi connectivity index (χ1v) is 8.55. The Morgan fingerprint density at radius 3 is 2.74 bits per heavy atom. The predicted molar refractivity (Wildman–Crippen MR) is 100.0 cm³/mol. The van der Waals surface area contributed by atoms with Gasteiger partial charge in [0.25, 0.3) is 0 Å². The van der Waals surface area contributed by atoms with Crippen LogP contribution in [0.3, 0.4) is 0 Å². The molecule has 4 rings (SSSR count). The van der Waals surface area contributed by atoms with E-state index < -0.39 is 11.8 Å². The van der Waals surface area contributed by atoms with Crippen LogP contribution in [0.25, 0.3) is 22.4 Å². The maximum Gasteiger partial charge on any atom is 0.339 e. The number of benzene rings is 2. The molecule has 0 atom stereocenters. The van der Waals surface area contributed by atoms with Crippen molar-refractivity contribution in [3.8, 4) is 11.5 Å². The summed E-state index contributed by atoms with van der Waals surface area (Å²) in [5, 5.41) is 0.844. The minimum Gasteiger partial charge on any atom is -0.463 e. The summed E-state index contributed by atoms with van der Waals surface area (Å²) in [5.74, 6) is -0.584. The average Bonchev–Trinajstić information content (AvgIpc) is 3.21. The topological polar surface area (TPSA) is 52.3 Å². The Hall–Kier alpha value is -3.18. The molecule has 0 aliphatic rings. The Balaban J connectivity index is 1.70. The van der Waals surface area contributed by atoms with Gasteiger partial charge in [-0.2, -0.15) is 0 Å². The molecular formula is C21H13ClFNO3. The van der Waals surface area contributed by atoms with Crippen LogP contribution in [-0.4, -0.2) is 11.0 Å². The van der Waals surface area contributed by atoms with Crippen molar-refractivity contribution >= 4 is 28.5 Å². The van der Waals surface area contributed by atoms with Gasteiger partial charge in [-0.05, 0) is 36.4 Å². The number of fused-ring (bicyclic) bond motifs is 1. The van der Waals surface area contributed by atoms with Gasteiger partial charge in [0.1, 0.15) is 18.1 Å². The largest absolute Gasteiger partial charge is 0.463 e. The lowest BCUT2D eigenvalue weighted by Crippen LogP contribution is -2.08. The fourth-order valence-electron chi connectivity index (χ4n) is 2.78. The zero-order chi connectivity index (χ0) is 18.8. The Bertz CT molecular complexity index is 1110. The van der Waals surface area contributed by atoms with Crippen LogP contribution in [0, 0.1) is 5.82 Å². The second kappa shape index (κ2) is 7.21. The van der Waals surface area contributed by atoms with E-state index in [0.29, 0.717) is 27.9 Å². The molecule has 0 N–H and O–H groups in total. The van der Waals surface area contributed by atoms with E-state index in [-0.39, 0.29) is 17.2 Å². The number of esters is 1. The second-order valence-electron chi connectivity index (χ2n) is 5.83. The van der Waals surface area contributed by atoms with Crippen LogP contribution in [-0.2, 0) is 11.3 Å². The Kier molecular flexibility index (Phi) is 4.60. The Morgan fingerprint density at radius 2 is 1.96 bits per heavy atom. The summed E-state index contributed by atoms with van der Waals surface area (Å²) in [6.07, 6.45) is 1.53. The summed E-state index contributed by atoms with van der Waals surface area (Å²) < 4.78 is 24.6. The van der Waals surface area contributed by atoms with E-state index in [1.807, 2.05) is 6.07 Å². The van der Waals surface area contributed by atoms with Crippen molar-refractivity contribution in [3.63, 3.8) is 0 Å². The number of halogens is 2. The third-order valence-electron chi connectivity index (χ3n) is 4.12. The van der Waals surface area contributed by atoms with E-state index in [2.05, 4.69) is 4.98 Å². The van der Waals surface area contributed by atoms with Gasteiger partial charge in [0.15, 0.2) is 5.76 Å². The van der Waals surface area contributed by atoms with Crippen LogP contribution in [0.2, 0.25) is 5.02 Å². The van der Waals surface area contributed by atoms with E-state index >= 15 is 0 Å². The van der Waals surface area contributed by atoms with E-state index in [1.54, 1.807) is 42.5 Å². The molecule has 2 heterocycles. The van der Waals surface area contributed by atoms with Gasteiger partial charge in [0.2, 0.25) is 0 Å². The standard InChI is InChI=1S/C21H13ClFNO3/c22-16-6-3-7-17(23)15(16)12-27-21(25)14-11-19(20-9-4-10-26-20)24-18-8-2-1-5-13(14)18/h1-11H,12H2. The van der Waals surface area contributed by atoms with Crippen molar-refractivity contribution in [2.45, 2.75) is 6.61 Å². The first-order valence-electron chi connectivity index (χ1n) is 8.17.